The maximum atomic E-state index is 13.2. The fourth-order valence-electron chi connectivity index (χ4n) is 3.73. The van der Waals surface area contributed by atoms with E-state index < -0.39 is 6.04 Å². The highest BCUT2D eigenvalue weighted by atomic mass is 79.9. The number of urea groups is 1. The summed E-state index contributed by atoms with van der Waals surface area (Å²) in [6.45, 7) is 1.33. The first-order valence-corrected chi connectivity index (χ1v) is 10.9. The molecule has 1 atom stereocenters. The summed E-state index contributed by atoms with van der Waals surface area (Å²) in [5.74, 6) is 0.259. The molecule has 166 valence electrons. The Kier molecular flexibility index (Phi) is 6.52. The fraction of sp³-hybridized carbons (Fsp3) is 0.273. The van der Waals surface area contributed by atoms with Gasteiger partial charge in [0.1, 0.15) is 18.2 Å². The zero-order valence-electron chi connectivity index (χ0n) is 17.5. The second-order valence-electron chi connectivity index (χ2n) is 7.47. The lowest BCUT2D eigenvalue weighted by molar-refractivity contribution is -0.142. The molecule has 0 unspecified atom stereocenters. The number of methoxy groups -OCH3 is 1. The van der Waals surface area contributed by atoms with Crippen molar-refractivity contribution in [3.63, 3.8) is 0 Å². The number of ether oxygens (including phenoxy) is 1. The average molecular weight is 499 g/mol. The molecule has 3 aromatic rings. The van der Waals surface area contributed by atoms with E-state index in [0.717, 1.165) is 20.9 Å². The number of hydrogen-bond donors (Lipinski definition) is 2. The van der Waals surface area contributed by atoms with Gasteiger partial charge >= 0.3 is 6.03 Å². The number of anilines is 2. The van der Waals surface area contributed by atoms with Crippen molar-refractivity contribution in [1.82, 2.24) is 19.8 Å². The van der Waals surface area contributed by atoms with Crippen LogP contribution in [0.2, 0.25) is 0 Å². The molecule has 10 heteroatoms. The predicted octanol–water partition coefficient (Wildman–Crippen LogP) is 2.87. The van der Waals surface area contributed by atoms with E-state index in [0.29, 0.717) is 31.1 Å². The summed E-state index contributed by atoms with van der Waals surface area (Å²) in [4.78, 5) is 37.6. The number of aromatic nitrogens is 2. The Morgan fingerprint density at radius 1 is 1.22 bits per heavy atom. The lowest BCUT2D eigenvalue weighted by Crippen LogP contribution is -2.60. The predicted molar refractivity (Wildman–Crippen MR) is 125 cm³/mol. The SMILES string of the molecule is COC[C@H]1C(=O)N(Cc2ccc3c(N)ncnc3c2)CCN1C(=O)Nc1ccc(Br)cc1. The van der Waals surface area contributed by atoms with Gasteiger partial charge in [-0.15, -0.1) is 0 Å². The summed E-state index contributed by atoms with van der Waals surface area (Å²) in [7, 11) is 1.52. The molecule has 1 aliphatic heterocycles. The number of fused-ring (bicyclic) bond motifs is 1. The number of carbonyl (C=O) groups is 2. The van der Waals surface area contributed by atoms with E-state index in [4.69, 9.17) is 10.5 Å². The second kappa shape index (κ2) is 9.49. The van der Waals surface area contributed by atoms with Crippen molar-refractivity contribution < 1.29 is 14.3 Å². The van der Waals surface area contributed by atoms with E-state index >= 15 is 0 Å². The molecular weight excluding hydrogens is 476 g/mol. The molecule has 0 aliphatic carbocycles. The molecule has 3 amide bonds. The van der Waals surface area contributed by atoms with Gasteiger partial charge < -0.3 is 25.6 Å². The van der Waals surface area contributed by atoms with Crippen LogP contribution in [0.3, 0.4) is 0 Å². The zero-order chi connectivity index (χ0) is 22.7. The maximum absolute atomic E-state index is 13.2. The molecule has 1 fully saturated rings. The summed E-state index contributed by atoms with van der Waals surface area (Å²) in [5.41, 5.74) is 8.20. The number of nitrogens with two attached hydrogens (primary N) is 1. The molecule has 3 N–H and O–H groups in total. The van der Waals surface area contributed by atoms with Gasteiger partial charge in [0.25, 0.3) is 0 Å². The highest BCUT2D eigenvalue weighted by Gasteiger charge is 2.37. The molecule has 2 heterocycles. The maximum Gasteiger partial charge on any atom is 0.322 e. The molecule has 2 aromatic carbocycles. The highest BCUT2D eigenvalue weighted by molar-refractivity contribution is 9.10. The van der Waals surface area contributed by atoms with Crippen LogP contribution in [-0.2, 0) is 16.1 Å². The number of nitrogens with zero attached hydrogens (tertiary/aromatic N) is 4. The van der Waals surface area contributed by atoms with Crippen molar-refractivity contribution in [3.05, 3.63) is 58.8 Å². The largest absolute Gasteiger partial charge is 0.383 e. The standard InChI is InChI=1S/C22H23BrN6O3/c1-32-12-19-21(30)28(11-14-2-7-17-18(10-14)25-13-26-20(17)24)8-9-29(19)22(31)27-16-5-3-15(23)4-6-16/h2-7,10,13,19H,8-9,11-12H2,1H3,(H,27,31)(H2,24,25,26)/t19-/m0/s1. The van der Waals surface area contributed by atoms with Crippen LogP contribution in [0.1, 0.15) is 5.56 Å². The van der Waals surface area contributed by atoms with E-state index in [1.54, 1.807) is 17.0 Å². The minimum atomic E-state index is -0.706. The van der Waals surface area contributed by atoms with Crippen molar-refractivity contribution in [3.8, 4) is 0 Å². The van der Waals surface area contributed by atoms with E-state index in [1.807, 2.05) is 30.3 Å². The van der Waals surface area contributed by atoms with Gasteiger partial charge in [-0.2, -0.15) is 0 Å². The second-order valence-corrected chi connectivity index (χ2v) is 8.39. The van der Waals surface area contributed by atoms with Crippen molar-refractivity contribution in [2.45, 2.75) is 12.6 Å². The van der Waals surface area contributed by atoms with Crippen LogP contribution in [0, 0.1) is 0 Å². The van der Waals surface area contributed by atoms with Crippen LogP contribution < -0.4 is 11.1 Å². The van der Waals surface area contributed by atoms with Gasteiger partial charge in [-0.25, -0.2) is 14.8 Å². The van der Waals surface area contributed by atoms with Gasteiger partial charge in [-0.05, 0) is 42.0 Å². The molecule has 0 spiro atoms. The average Bonchev–Trinajstić information content (AvgIpc) is 2.78. The van der Waals surface area contributed by atoms with E-state index in [9.17, 15) is 9.59 Å². The van der Waals surface area contributed by atoms with Crippen LogP contribution in [-0.4, -0.2) is 64.6 Å². The number of rotatable bonds is 5. The summed E-state index contributed by atoms with van der Waals surface area (Å²) in [6.07, 6.45) is 1.42. The molecule has 0 bridgehead atoms. The number of nitrogen functional groups attached to an aromatic ring is 1. The van der Waals surface area contributed by atoms with Crippen molar-refractivity contribution in [2.75, 3.05) is 37.9 Å². The Labute approximate surface area is 193 Å². The number of halogens is 1. The van der Waals surface area contributed by atoms with E-state index in [-0.39, 0.29) is 18.5 Å². The summed E-state index contributed by atoms with van der Waals surface area (Å²) >= 11 is 3.37. The third kappa shape index (κ3) is 4.66. The van der Waals surface area contributed by atoms with Crippen LogP contribution in [0.5, 0.6) is 0 Å². The molecule has 9 nitrogen and oxygen atoms in total. The lowest BCUT2D eigenvalue weighted by Gasteiger charge is -2.40. The van der Waals surface area contributed by atoms with Gasteiger partial charge in [0.15, 0.2) is 0 Å². The smallest absolute Gasteiger partial charge is 0.322 e. The van der Waals surface area contributed by atoms with Crippen LogP contribution in [0.25, 0.3) is 10.9 Å². The molecule has 1 saturated heterocycles. The molecule has 1 aliphatic rings. The Bertz CT molecular complexity index is 1140. The highest BCUT2D eigenvalue weighted by Crippen LogP contribution is 2.22. The first kappa shape index (κ1) is 22.0. The minimum absolute atomic E-state index is 0.116. The van der Waals surface area contributed by atoms with Crippen LogP contribution in [0.4, 0.5) is 16.3 Å². The third-order valence-corrected chi connectivity index (χ3v) is 5.90. The first-order chi connectivity index (χ1) is 15.5. The van der Waals surface area contributed by atoms with Crippen LogP contribution >= 0.6 is 15.9 Å². The first-order valence-electron chi connectivity index (χ1n) is 10.1. The number of amides is 3. The van der Waals surface area contributed by atoms with Gasteiger partial charge in [0, 0.05) is 42.3 Å². The molecular formula is C22H23BrN6O3. The summed E-state index contributed by atoms with van der Waals surface area (Å²) in [5, 5.41) is 3.62. The van der Waals surface area contributed by atoms with E-state index in [2.05, 4.69) is 31.2 Å². The minimum Gasteiger partial charge on any atom is -0.383 e. The van der Waals surface area contributed by atoms with E-state index in [1.165, 1.54) is 18.3 Å². The number of carbonyl (C=O) groups excluding carboxylic acids is 2. The fourth-order valence-corrected chi connectivity index (χ4v) is 3.99. The van der Waals surface area contributed by atoms with Crippen LogP contribution in [0.15, 0.2) is 53.3 Å². The quantitative estimate of drug-likeness (QED) is 0.558. The van der Waals surface area contributed by atoms with Gasteiger partial charge in [0.05, 0.1) is 12.1 Å². The molecule has 1 aromatic heterocycles. The Balaban J connectivity index is 1.48. The molecule has 4 rings (SSSR count). The Hall–Kier alpha value is -3.24. The summed E-state index contributed by atoms with van der Waals surface area (Å²) in [6, 6.07) is 11.9. The van der Waals surface area contributed by atoms with Crippen molar-refractivity contribution >= 4 is 50.3 Å². The Morgan fingerprint density at radius 2 is 2.00 bits per heavy atom. The normalized spacial score (nSPS) is 16.4. The summed E-state index contributed by atoms with van der Waals surface area (Å²) < 4.78 is 6.18. The molecule has 32 heavy (non-hydrogen) atoms. The monoisotopic (exact) mass is 498 g/mol. The Morgan fingerprint density at radius 3 is 2.75 bits per heavy atom. The molecule has 0 saturated carbocycles. The number of piperazine rings is 1. The zero-order valence-corrected chi connectivity index (χ0v) is 19.1. The van der Waals surface area contributed by atoms with Gasteiger partial charge in [-0.1, -0.05) is 22.0 Å². The molecule has 0 radical (unpaired) electrons. The lowest BCUT2D eigenvalue weighted by atomic mass is 10.1. The van der Waals surface area contributed by atoms with Gasteiger partial charge in [0.2, 0.25) is 5.91 Å². The number of benzene rings is 2. The van der Waals surface area contributed by atoms with Gasteiger partial charge in [-0.3, -0.25) is 4.79 Å². The third-order valence-electron chi connectivity index (χ3n) is 5.37. The topological polar surface area (TPSA) is 114 Å². The van der Waals surface area contributed by atoms with Crippen molar-refractivity contribution in [1.29, 1.82) is 0 Å². The number of nitrogens with one attached hydrogen (secondary N) is 1. The number of hydrogen-bond acceptors (Lipinski definition) is 6. The van der Waals surface area contributed by atoms with Crippen molar-refractivity contribution in [2.24, 2.45) is 0 Å².